The standard InChI is InChI=1S/C12H24N2O/c1-10-7-13-8-11(10)9-14-5-3-12(15-2)4-6-14/h10-13H,3-9H2,1-2H3. The molecule has 2 fully saturated rings. The van der Waals surface area contributed by atoms with Crippen LogP contribution >= 0.6 is 0 Å². The lowest BCUT2D eigenvalue weighted by atomic mass is 9.96. The quantitative estimate of drug-likeness (QED) is 0.754. The molecule has 0 spiro atoms. The van der Waals surface area contributed by atoms with Gasteiger partial charge >= 0.3 is 0 Å². The third-order valence-corrected chi connectivity index (χ3v) is 4.04. The molecule has 2 aliphatic rings. The van der Waals surface area contributed by atoms with E-state index in [0.29, 0.717) is 6.10 Å². The van der Waals surface area contributed by atoms with E-state index in [4.69, 9.17) is 4.74 Å². The fraction of sp³-hybridized carbons (Fsp3) is 1.00. The fourth-order valence-electron chi connectivity index (χ4n) is 2.77. The van der Waals surface area contributed by atoms with Crippen molar-refractivity contribution in [1.29, 1.82) is 0 Å². The summed E-state index contributed by atoms with van der Waals surface area (Å²) in [4.78, 5) is 2.61. The molecule has 2 rings (SSSR count). The van der Waals surface area contributed by atoms with Gasteiger partial charge in [-0.25, -0.2) is 0 Å². The summed E-state index contributed by atoms with van der Waals surface area (Å²) < 4.78 is 5.39. The first-order chi connectivity index (χ1) is 7.29. The second-order valence-corrected chi connectivity index (χ2v) is 5.13. The zero-order valence-electron chi connectivity index (χ0n) is 10.0. The normalized spacial score (nSPS) is 34.8. The minimum atomic E-state index is 0.514. The van der Waals surface area contributed by atoms with Gasteiger partial charge in [0.2, 0.25) is 0 Å². The monoisotopic (exact) mass is 212 g/mol. The molecule has 0 bridgehead atoms. The number of nitrogens with zero attached hydrogens (tertiary/aromatic N) is 1. The Bertz CT molecular complexity index is 190. The Balaban J connectivity index is 1.72. The summed E-state index contributed by atoms with van der Waals surface area (Å²) in [6.07, 6.45) is 2.94. The molecule has 0 radical (unpaired) electrons. The van der Waals surface area contributed by atoms with Crippen LogP contribution in [-0.4, -0.2) is 50.8 Å². The SMILES string of the molecule is COC1CCN(CC2CNCC2C)CC1. The smallest absolute Gasteiger partial charge is 0.0595 e. The highest BCUT2D eigenvalue weighted by Crippen LogP contribution is 2.20. The van der Waals surface area contributed by atoms with Crippen LogP contribution in [0.4, 0.5) is 0 Å². The molecule has 2 atom stereocenters. The van der Waals surface area contributed by atoms with Gasteiger partial charge in [0, 0.05) is 26.7 Å². The highest BCUT2D eigenvalue weighted by Gasteiger charge is 2.27. The van der Waals surface area contributed by atoms with Crippen molar-refractivity contribution in [2.75, 3.05) is 39.8 Å². The van der Waals surface area contributed by atoms with E-state index in [1.165, 1.54) is 45.6 Å². The van der Waals surface area contributed by atoms with E-state index < -0.39 is 0 Å². The molecule has 3 heteroatoms. The molecule has 2 heterocycles. The van der Waals surface area contributed by atoms with Crippen molar-refractivity contribution in [2.24, 2.45) is 11.8 Å². The van der Waals surface area contributed by atoms with E-state index in [-0.39, 0.29) is 0 Å². The topological polar surface area (TPSA) is 24.5 Å². The molecule has 0 aromatic heterocycles. The number of rotatable bonds is 3. The van der Waals surface area contributed by atoms with E-state index in [1.807, 2.05) is 7.11 Å². The van der Waals surface area contributed by atoms with Gasteiger partial charge in [0.15, 0.2) is 0 Å². The number of nitrogens with one attached hydrogen (secondary N) is 1. The summed E-state index contributed by atoms with van der Waals surface area (Å²) in [6.45, 7) is 8.52. The van der Waals surface area contributed by atoms with E-state index in [1.54, 1.807) is 0 Å². The minimum absolute atomic E-state index is 0.514. The van der Waals surface area contributed by atoms with Crippen LogP contribution in [0.25, 0.3) is 0 Å². The number of hydrogen-bond donors (Lipinski definition) is 1. The first kappa shape index (κ1) is 11.4. The molecular weight excluding hydrogens is 188 g/mol. The number of likely N-dealkylation sites (tertiary alicyclic amines) is 1. The van der Waals surface area contributed by atoms with Crippen LogP contribution in [0.5, 0.6) is 0 Å². The average molecular weight is 212 g/mol. The lowest BCUT2D eigenvalue weighted by molar-refractivity contribution is 0.0358. The van der Waals surface area contributed by atoms with Crippen molar-refractivity contribution in [3.8, 4) is 0 Å². The van der Waals surface area contributed by atoms with Gasteiger partial charge < -0.3 is 15.0 Å². The first-order valence-electron chi connectivity index (χ1n) is 6.25. The maximum Gasteiger partial charge on any atom is 0.0595 e. The summed E-state index contributed by atoms with van der Waals surface area (Å²) in [5.74, 6) is 1.72. The maximum atomic E-state index is 5.39. The summed E-state index contributed by atoms with van der Waals surface area (Å²) in [7, 11) is 1.84. The second-order valence-electron chi connectivity index (χ2n) is 5.13. The van der Waals surface area contributed by atoms with Crippen LogP contribution in [0.15, 0.2) is 0 Å². The van der Waals surface area contributed by atoms with Crippen molar-refractivity contribution in [2.45, 2.75) is 25.9 Å². The fourth-order valence-corrected chi connectivity index (χ4v) is 2.77. The average Bonchev–Trinajstić information content (AvgIpc) is 2.66. The molecule has 2 aliphatic heterocycles. The van der Waals surface area contributed by atoms with Crippen molar-refractivity contribution in [3.05, 3.63) is 0 Å². The summed E-state index contributed by atoms with van der Waals surface area (Å²) in [6, 6.07) is 0. The van der Waals surface area contributed by atoms with Crippen molar-refractivity contribution < 1.29 is 4.74 Å². The van der Waals surface area contributed by atoms with Crippen LogP contribution < -0.4 is 5.32 Å². The van der Waals surface area contributed by atoms with Gasteiger partial charge in [-0.2, -0.15) is 0 Å². The minimum Gasteiger partial charge on any atom is -0.381 e. The van der Waals surface area contributed by atoms with Crippen LogP contribution in [0.2, 0.25) is 0 Å². The van der Waals surface area contributed by atoms with Crippen molar-refractivity contribution >= 4 is 0 Å². The number of hydrogen-bond acceptors (Lipinski definition) is 3. The highest BCUT2D eigenvalue weighted by molar-refractivity contribution is 4.82. The van der Waals surface area contributed by atoms with Crippen LogP contribution in [0.3, 0.4) is 0 Å². The number of piperidine rings is 1. The summed E-state index contributed by atoms with van der Waals surface area (Å²) >= 11 is 0. The van der Waals surface area contributed by atoms with Gasteiger partial charge in [-0.05, 0) is 37.8 Å². The molecule has 0 aromatic carbocycles. The molecule has 2 unspecified atom stereocenters. The Hall–Kier alpha value is -0.120. The van der Waals surface area contributed by atoms with E-state index >= 15 is 0 Å². The Morgan fingerprint density at radius 3 is 2.53 bits per heavy atom. The molecule has 0 saturated carbocycles. The molecule has 88 valence electrons. The Labute approximate surface area is 93.2 Å². The number of ether oxygens (including phenoxy) is 1. The van der Waals surface area contributed by atoms with Crippen LogP contribution in [0, 0.1) is 11.8 Å². The molecule has 3 nitrogen and oxygen atoms in total. The Kier molecular flexibility index (Phi) is 4.00. The summed E-state index contributed by atoms with van der Waals surface area (Å²) in [5.41, 5.74) is 0. The van der Waals surface area contributed by atoms with Crippen molar-refractivity contribution in [3.63, 3.8) is 0 Å². The predicted octanol–water partition coefficient (Wildman–Crippen LogP) is 0.953. The lowest BCUT2D eigenvalue weighted by Gasteiger charge is -2.33. The zero-order valence-corrected chi connectivity index (χ0v) is 10.0. The first-order valence-corrected chi connectivity index (χ1v) is 6.25. The Morgan fingerprint density at radius 2 is 2.00 bits per heavy atom. The van der Waals surface area contributed by atoms with Gasteiger partial charge in [-0.1, -0.05) is 6.92 Å². The van der Waals surface area contributed by atoms with E-state index in [2.05, 4.69) is 17.1 Å². The maximum absolute atomic E-state index is 5.39. The van der Waals surface area contributed by atoms with Gasteiger partial charge in [-0.3, -0.25) is 0 Å². The molecule has 15 heavy (non-hydrogen) atoms. The summed E-state index contributed by atoms with van der Waals surface area (Å²) in [5, 5.41) is 3.48. The third kappa shape index (κ3) is 2.92. The Morgan fingerprint density at radius 1 is 1.27 bits per heavy atom. The molecule has 2 saturated heterocycles. The van der Waals surface area contributed by atoms with Crippen LogP contribution in [-0.2, 0) is 4.74 Å². The molecule has 0 aromatic rings. The van der Waals surface area contributed by atoms with E-state index in [0.717, 1.165) is 11.8 Å². The van der Waals surface area contributed by atoms with Crippen LogP contribution in [0.1, 0.15) is 19.8 Å². The predicted molar refractivity (Wildman–Crippen MR) is 62.0 cm³/mol. The van der Waals surface area contributed by atoms with Crippen molar-refractivity contribution in [1.82, 2.24) is 10.2 Å². The molecule has 0 aliphatic carbocycles. The number of methoxy groups -OCH3 is 1. The highest BCUT2D eigenvalue weighted by atomic mass is 16.5. The van der Waals surface area contributed by atoms with Gasteiger partial charge in [0.05, 0.1) is 6.10 Å². The van der Waals surface area contributed by atoms with Gasteiger partial charge in [0.1, 0.15) is 0 Å². The van der Waals surface area contributed by atoms with Gasteiger partial charge in [0.25, 0.3) is 0 Å². The second kappa shape index (κ2) is 5.28. The molecule has 0 amide bonds. The third-order valence-electron chi connectivity index (χ3n) is 4.04. The largest absolute Gasteiger partial charge is 0.381 e. The van der Waals surface area contributed by atoms with Gasteiger partial charge in [-0.15, -0.1) is 0 Å². The lowest BCUT2D eigenvalue weighted by Crippen LogP contribution is -2.40. The zero-order chi connectivity index (χ0) is 10.7. The molecule has 1 N–H and O–H groups in total. The van der Waals surface area contributed by atoms with E-state index in [9.17, 15) is 0 Å². The molecular formula is C12H24N2O.